The molecule has 2 aromatic rings. The molecular weight excluding hydrogens is 236 g/mol. The lowest BCUT2D eigenvalue weighted by molar-refractivity contribution is -0.00848. The molecule has 1 aliphatic heterocycles. The molecule has 0 saturated carbocycles. The van der Waals surface area contributed by atoms with Crippen molar-refractivity contribution in [2.24, 2.45) is 0 Å². The second-order valence-corrected chi connectivity index (χ2v) is 5.04. The summed E-state index contributed by atoms with van der Waals surface area (Å²) in [7, 11) is 0. The first-order valence-electron chi connectivity index (χ1n) is 6.66. The number of rotatable bonds is 2. The molecule has 0 saturated heterocycles. The van der Waals surface area contributed by atoms with Crippen LogP contribution in [0.1, 0.15) is 28.6 Å². The summed E-state index contributed by atoms with van der Waals surface area (Å²) in [6.07, 6.45) is 2.19. The van der Waals surface area contributed by atoms with Gasteiger partial charge in [-0.05, 0) is 30.5 Å². The zero-order valence-electron chi connectivity index (χ0n) is 11.1. The molecule has 0 radical (unpaired) electrons. The van der Waals surface area contributed by atoms with Crippen LogP contribution in [0.3, 0.4) is 0 Å². The van der Waals surface area contributed by atoms with Crippen molar-refractivity contribution in [3.05, 3.63) is 65.0 Å². The molecule has 0 unspecified atom stereocenters. The zero-order valence-corrected chi connectivity index (χ0v) is 11.1. The normalized spacial score (nSPS) is 16.9. The number of hydrogen-bond acceptors (Lipinski definition) is 3. The summed E-state index contributed by atoms with van der Waals surface area (Å²) in [6.45, 7) is 3.62. The lowest BCUT2D eigenvalue weighted by Crippen LogP contribution is -2.34. The van der Waals surface area contributed by atoms with Gasteiger partial charge in [-0.2, -0.15) is 0 Å². The fraction of sp³-hybridized carbons (Fsp3) is 0.312. The molecule has 98 valence electrons. The van der Waals surface area contributed by atoms with Gasteiger partial charge in [-0.15, -0.1) is 0 Å². The van der Waals surface area contributed by atoms with Crippen LogP contribution in [-0.4, -0.2) is 21.5 Å². The Bertz CT molecular complexity index is 582. The van der Waals surface area contributed by atoms with Gasteiger partial charge in [0.05, 0.1) is 0 Å². The Balaban J connectivity index is 1.83. The van der Waals surface area contributed by atoms with Crippen LogP contribution in [0.2, 0.25) is 0 Å². The van der Waals surface area contributed by atoms with Crippen LogP contribution in [0, 0.1) is 6.92 Å². The molecule has 1 aliphatic rings. The molecule has 19 heavy (non-hydrogen) atoms. The number of pyridine rings is 1. The first kappa shape index (κ1) is 12.3. The smallest absolute Gasteiger partial charge is 0.135 e. The van der Waals surface area contributed by atoms with E-state index in [1.165, 1.54) is 11.1 Å². The fourth-order valence-electron chi connectivity index (χ4n) is 2.69. The SMILES string of the molecule is Cc1ncccc1[C@H](O)N1CCc2ccccc2C1. The van der Waals surface area contributed by atoms with Crippen molar-refractivity contribution < 1.29 is 5.11 Å². The van der Waals surface area contributed by atoms with Crippen molar-refractivity contribution in [2.75, 3.05) is 6.54 Å². The lowest BCUT2D eigenvalue weighted by atomic mass is 9.99. The largest absolute Gasteiger partial charge is 0.374 e. The van der Waals surface area contributed by atoms with Crippen LogP contribution < -0.4 is 0 Å². The molecule has 0 amide bonds. The number of hydrogen-bond donors (Lipinski definition) is 1. The zero-order chi connectivity index (χ0) is 13.2. The van der Waals surface area contributed by atoms with E-state index < -0.39 is 6.23 Å². The molecule has 1 aromatic carbocycles. The molecule has 2 heterocycles. The number of benzene rings is 1. The Labute approximate surface area is 113 Å². The number of fused-ring (bicyclic) bond motifs is 1. The molecular formula is C16H18N2O. The predicted octanol–water partition coefficient (Wildman–Crippen LogP) is 2.44. The summed E-state index contributed by atoms with van der Waals surface area (Å²) >= 11 is 0. The minimum atomic E-state index is -0.568. The molecule has 0 spiro atoms. The maximum atomic E-state index is 10.5. The van der Waals surface area contributed by atoms with Crippen molar-refractivity contribution in [1.29, 1.82) is 0 Å². The van der Waals surface area contributed by atoms with Gasteiger partial charge in [0.15, 0.2) is 0 Å². The van der Waals surface area contributed by atoms with Gasteiger partial charge in [-0.1, -0.05) is 30.3 Å². The van der Waals surface area contributed by atoms with E-state index in [9.17, 15) is 5.11 Å². The molecule has 3 rings (SSSR count). The molecule has 1 aromatic heterocycles. The van der Waals surface area contributed by atoms with E-state index >= 15 is 0 Å². The van der Waals surface area contributed by atoms with Crippen LogP contribution in [0.25, 0.3) is 0 Å². The average molecular weight is 254 g/mol. The number of aryl methyl sites for hydroxylation is 1. The Hall–Kier alpha value is -1.71. The minimum absolute atomic E-state index is 0.568. The number of aliphatic hydroxyl groups is 1. The second kappa shape index (κ2) is 5.11. The fourth-order valence-corrected chi connectivity index (χ4v) is 2.69. The third kappa shape index (κ3) is 2.39. The van der Waals surface area contributed by atoms with Crippen molar-refractivity contribution in [2.45, 2.75) is 26.1 Å². The minimum Gasteiger partial charge on any atom is -0.374 e. The second-order valence-electron chi connectivity index (χ2n) is 5.04. The maximum Gasteiger partial charge on any atom is 0.135 e. The van der Waals surface area contributed by atoms with E-state index in [2.05, 4.69) is 34.1 Å². The molecule has 1 N–H and O–H groups in total. The lowest BCUT2D eigenvalue weighted by Gasteiger charge is -2.33. The topological polar surface area (TPSA) is 36.4 Å². The molecule has 0 fully saturated rings. The standard InChI is InChI=1S/C16H18N2O/c1-12-15(7-4-9-17-12)16(19)18-10-8-13-5-2-3-6-14(13)11-18/h2-7,9,16,19H,8,10-11H2,1H3/t16-/m0/s1. The van der Waals surface area contributed by atoms with Gasteiger partial charge in [-0.25, -0.2) is 0 Å². The van der Waals surface area contributed by atoms with Gasteiger partial charge >= 0.3 is 0 Å². The van der Waals surface area contributed by atoms with Crippen LogP contribution >= 0.6 is 0 Å². The van der Waals surface area contributed by atoms with Crippen molar-refractivity contribution in [1.82, 2.24) is 9.88 Å². The van der Waals surface area contributed by atoms with Gasteiger partial charge in [0, 0.05) is 30.5 Å². The summed E-state index contributed by atoms with van der Waals surface area (Å²) in [5.74, 6) is 0. The highest BCUT2D eigenvalue weighted by molar-refractivity contribution is 5.30. The van der Waals surface area contributed by atoms with E-state index in [1.54, 1.807) is 6.20 Å². The third-order valence-corrected chi connectivity index (χ3v) is 3.83. The molecule has 1 atom stereocenters. The Morgan fingerprint density at radius 2 is 1.95 bits per heavy atom. The van der Waals surface area contributed by atoms with E-state index in [4.69, 9.17) is 0 Å². The van der Waals surface area contributed by atoms with Gasteiger partial charge in [0.2, 0.25) is 0 Å². The molecule has 3 heteroatoms. The van der Waals surface area contributed by atoms with Crippen molar-refractivity contribution >= 4 is 0 Å². The van der Waals surface area contributed by atoms with Crippen LogP contribution in [0.5, 0.6) is 0 Å². The number of nitrogens with zero attached hydrogens (tertiary/aromatic N) is 2. The summed E-state index contributed by atoms with van der Waals surface area (Å²) in [5.41, 5.74) is 4.51. The van der Waals surface area contributed by atoms with E-state index in [1.807, 2.05) is 19.1 Å². The average Bonchev–Trinajstić information content (AvgIpc) is 2.46. The quantitative estimate of drug-likeness (QED) is 0.894. The predicted molar refractivity (Wildman–Crippen MR) is 74.5 cm³/mol. The highest BCUT2D eigenvalue weighted by atomic mass is 16.3. The summed E-state index contributed by atoms with van der Waals surface area (Å²) in [6, 6.07) is 12.3. The summed E-state index contributed by atoms with van der Waals surface area (Å²) < 4.78 is 0. The van der Waals surface area contributed by atoms with E-state index in [0.29, 0.717) is 0 Å². The van der Waals surface area contributed by atoms with Crippen LogP contribution in [-0.2, 0) is 13.0 Å². The van der Waals surface area contributed by atoms with Crippen LogP contribution in [0.4, 0.5) is 0 Å². The third-order valence-electron chi connectivity index (χ3n) is 3.83. The highest BCUT2D eigenvalue weighted by Gasteiger charge is 2.23. The molecule has 3 nitrogen and oxygen atoms in total. The summed E-state index contributed by atoms with van der Waals surface area (Å²) in [5, 5.41) is 10.5. The maximum absolute atomic E-state index is 10.5. The Morgan fingerprint density at radius 3 is 2.74 bits per heavy atom. The summed E-state index contributed by atoms with van der Waals surface area (Å²) in [4.78, 5) is 6.36. The first-order chi connectivity index (χ1) is 9.25. The van der Waals surface area contributed by atoms with E-state index in [0.717, 1.165) is 30.8 Å². The van der Waals surface area contributed by atoms with E-state index in [-0.39, 0.29) is 0 Å². The Kier molecular flexibility index (Phi) is 3.32. The van der Waals surface area contributed by atoms with Gasteiger partial charge in [0.1, 0.15) is 6.23 Å². The van der Waals surface area contributed by atoms with Gasteiger partial charge in [0.25, 0.3) is 0 Å². The monoisotopic (exact) mass is 254 g/mol. The molecule has 0 aliphatic carbocycles. The highest BCUT2D eigenvalue weighted by Crippen LogP contribution is 2.26. The van der Waals surface area contributed by atoms with Crippen LogP contribution in [0.15, 0.2) is 42.6 Å². The van der Waals surface area contributed by atoms with Crippen molar-refractivity contribution in [3.63, 3.8) is 0 Å². The number of aliphatic hydroxyl groups excluding tert-OH is 1. The Morgan fingerprint density at radius 1 is 1.16 bits per heavy atom. The van der Waals surface area contributed by atoms with Gasteiger partial charge in [-0.3, -0.25) is 9.88 Å². The van der Waals surface area contributed by atoms with Gasteiger partial charge < -0.3 is 5.11 Å². The molecule has 0 bridgehead atoms. The van der Waals surface area contributed by atoms with Crippen molar-refractivity contribution in [3.8, 4) is 0 Å². The first-order valence-corrected chi connectivity index (χ1v) is 6.66. The number of aromatic nitrogens is 1.